The minimum absolute atomic E-state index is 0.0330. The first-order valence-electron chi connectivity index (χ1n) is 17.8. The van der Waals surface area contributed by atoms with E-state index in [4.69, 9.17) is 14.7 Å². The topological polar surface area (TPSA) is 92.0 Å². The van der Waals surface area contributed by atoms with Crippen LogP contribution in [0, 0.1) is 35.0 Å². The number of rotatable bonds is 21. The number of ether oxygens (including phenoxy) is 1. The Kier molecular flexibility index (Phi) is 14.4. The van der Waals surface area contributed by atoms with Crippen LogP contribution in [0.25, 0.3) is 10.8 Å². The van der Waals surface area contributed by atoms with Gasteiger partial charge in [0.05, 0.1) is 18.4 Å². The van der Waals surface area contributed by atoms with Gasteiger partial charge in [-0.1, -0.05) is 63.6 Å². The Labute approximate surface area is 287 Å². The van der Waals surface area contributed by atoms with E-state index in [-0.39, 0.29) is 17.6 Å². The fourth-order valence-electron chi connectivity index (χ4n) is 6.88. The Morgan fingerprint density at radius 2 is 2.06 bits per heavy atom. The molecule has 1 aliphatic rings. The molecule has 0 spiro atoms. The van der Waals surface area contributed by atoms with E-state index in [9.17, 15) is 10.1 Å². The highest BCUT2D eigenvalue weighted by molar-refractivity contribution is 5.92. The van der Waals surface area contributed by atoms with Crippen molar-refractivity contribution in [3.05, 3.63) is 91.4 Å². The number of aryl methyl sites for hydroxylation is 1. The second kappa shape index (κ2) is 18.9. The van der Waals surface area contributed by atoms with Crippen LogP contribution >= 0.6 is 0 Å². The summed E-state index contributed by atoms with van der Waals surface area (Å²) in [5, 5.41) is 11.9. The molecule has 0 radical (unpaired) electrons. The Bertz CT molecular complexity index is 1570. The van der Waals surface area contributed by atoms with Crippen LogP contribution in [-0.4, -0.2) is 40.4 Å². The van der Waals surface area contributed by atoms with Crippen LogP contribution in [0.15, 0.2) is 74.6 Å². The van der Waals surface area contributed by atoms with E-state index in [0.29, 0.717) is 50.4 Å². The summed E-state index contributed by atoms with van der Waals surface area (Å²) in [6.45, 7) is 17.7. The average Bonchev–Trinajstić information content (AvgIpc) is 3.11. The smallest absolute Gasteiger partial charge is 0.318 e. The van der Waals surface area contributed by atoms with Crippen molar-refractivity contribution in [3.8, 4) is 12.1 Å². The maximum Gasteiger partial charge on any atom is 0.318 e. The lowest BCUT2D eigenvalue weighted by Gasteiger charge is -2.32. The number of allylic oxidation sites excluding steroid dienone is 3. The number of aromatic nitrogens is 3. The molecule has 3 unspecified atom stereocenters. The molecule has 2 heterocycles. The molecule has 3 aromatic rings. The lowest BCUT2D eigenvalue weighted by Crippen LogP contribution is -2.34. The summed E-state index contributed by atoms with van der Waals surface area (Å²) >= 11 is 0. The minimum Gasteiger partial charge on any atom is -0.463 e. The van der Waals surface area contributed by atoms with Crippen molar-refractivity contribution in [1.82, 2.24) is 15.0 Å². The number of ketones is 1. The number of benzene rings is 1. The fraction of sp³-hybridized carbons (Fsp3) is 0.488. The summed E-state index contributed by atoms with van der Waals surface area (Å²) in [6.07, 6.45) is 19.0. The summed E-state index contributed by atoms with van der Waals surface area (Å²) in [6, 6.07) is 11.3. The van der Waals surface area contributed by atoms with Crippen LogP contribution in [-0.2, 0) is 24.1 Å². The van der Waals surface area contributed by atoms with Crippen LogP contribution in [0.3, 0.4) is 0 Å². The molecule has 7 heteroatoms. The molecular weight excluding hydrogens is 594 g/mol. The maximum absolute atomic E-state index is 12.5. The van der Waals surface area contributed by atoms with E-state index < -0.39 is 0 Å². The molecule has 1 aliphatic carbocycles. The number of carbonyl (C=O) groups is 1. The van der Waals surface area contributed by atoms with Gasteiger partial charge in [0, 0.05) is 48.8 Å². The van der Waals surface area contributed by atoms with Gasteiger partial charge in [-0.2, -0.15) is 15.2 Å². The Morgan fingerprint density at radius 3 is 2.81 bits per heavy atom. The molecule has 0 N–H and O–H groups in total. The largest absolute Gasteiger partial charge is 0.463 e. The number of hydrogen-bond donors (Lipinski definition) is 0. The number of fused-ring (bicyclic) bond motifs is 2. The summed E-state index contributed by atoms with van der Waals surface area (Å²) in [7, 11) is 0. The molecule has 0 amide bonds. The Morgan fingerprint density at radius 1 is 1.21 bits per heavy atom. The van der Waals surface area contributed by atoms with Crippen LogP contribution in [0.4, 0.5) is 5.82 Å². The second-order valence-corrected chi connectivity index (χ2v) is 13.4. The van der Waals surface area contributed by atoms with Gasteiger partial charge in [0.25, 0.3) is 0 Å². The van der Waals surface area contributed by atoms with Gasteiger partial charge in [-0.15, -0.1) is 13.2 Å². The first-order chi connectivity index (χ1) is 23.4. The highest BCUT2D eigenvalue weighted by Crippen LogP contribution is 2.35. The molecule has 0 saturated heterocycles. The summed E-state index contributed by atoms with van der Waals surface area (Å²) in [5.41, 5.74) is 3.58. The first-order valence-corrected chi connectivity index (χ1v) is 17.8. The molecule has 4 atom stereocenters. The van der Waals surface area contributed by atoms with Gasteiger partial charge in [-0.3, -0.25) is 9.78 Å². The molecular formula is C41H53N5O2. The number of unbranched alkanes of at least 4 members (excludes halogenated alkanes) is 1. The van der Waals surface area contributed by atoms with Crippen LogP contribution < -0.4 is 9.64 Å². The Hall–Kier alpha value is -4.31. The van der Waals surface area contributed by atoms with Crippen molar-refractivity contribution in [3.63, 3.8) is 0 Å². The third kappa shape index (κ3) is 10.1. The van der Waals surface area contributed by atoms with Gasteiger partial charge < -0.3 is 9.64 Å². The lowest BCUT2D eigenvalue weighted by molar-refractivity contribution is -0.117. The minimum atomic E-state index is -0.322. The lowest BCUT2D eigenvalue weighted by atomic mass is 9.83. The molecule has 4 rings (SSSR count). The van der Waals surface area contributed by atoms with E-state index in [0.717, 1.165) is 74.9 Å². The number of nitrogens with zero attached hydrogens (tertiary/aromatic N) is 5. The average molecular weight is 648 g/mol. The van der Waals surface area contributed by atoms with Crippen molar-refractivity contribution in [2.45, 2.75) is 84.5 Å². The van der Waals surface area contributed by atoms with Crippen molar-refractivity contribution >= 4 is 22.4 Å². The quantitative estimate of drug-likeness (QED) is 0.0843. The molecule has 7 nitrogen and oxygen atoms in total. The van der Waals surface area contributed by atoms with E-state index in [2.05, 4.69) is 73.8 Å². The van der Waals surface area contributed by atoms with Gasteiger partial charge in [-0.25, -0.2) is 0 Å². The van der Waals surface area contributed by atoms with E-state index in [1.807, 2.05) is 18.5 Å². The van der Waals surface area contributed by atoms with E-state index in [1.165, 1.54) is 22.4 Å². The van der Waals surface area contributed by atoms with Crippen LogP contribution in [0.2, 0.25) is 0 Å². The highest BCUT2D eigenvalue weighted by atomic mass is 16.5. The predicted molar refractivity (Wildman–Crippen MR) is 196 cm³/mol. The number of pyridine rings is 1. The molecule has 48 heavy (non-hydrogen) atoms. The van der Waals surface area contributed by atoms with Gasteiger partial charge in [0.15, 0.2) is 5.78 Å². The molecule has 254 valence electrons. The molecule has 0 saturated carbocycles. The van der Waals surface area contributed by atoms with Crippen LogP contribution in [0.1, 0.15) is 82.0 Å². The maximum atomic E-state index is 12.5. The number of anilines is 1. The van der Waals surface area contributed by atoms with Gasteiger partial charge in [0.2, 0.25) is 0 Å². The van der Waals surface area contributed by atoms with Gasteiger partial charge in [-0.05, 0) is 92.2 Å². The van der Waals surface area contributed by atoms with E-state index >= 15 is 0 Å². The SMILES string of the molecule is C=CC[C@@H](CCCC)COc1nc2c(c(N(CCC(C=C)C(=O)C=C)CC(C)CC#N)n1)CCC(CCc1cccc3cnccc13)C2. The molecule has 1 aromatic carbocycles. The Balaban J connectivity index is 1.64. The van der Waals surface area contributed by atoms with Crippen LogP contribution in [0.5, 0.6) is 6.01 Å². The predicted octanol–water partition coefficient (Wildman–Crippen LogP) is 8.83. The first kappa shape index (κ1) is 36.5. The summed E-state index contributed by atoms with van der Waals surface area (Å²) in [4.78, 5) is 29.2. The zero-order valence-corrected chi connectivity index (χ0v) is 29.1. The third-order valence-electron chi connectivity index (χ3n) is 9.67. The van der Waals surface area contributed by atoms with Gasteiger partial charge >= 0.3 is 6.01 Å². The molecule has 0 aliphatic heterocycles. The molecule has 0 fully saturated rings. The number of nitriles is 1. The highest BCUT2D eigenvalue weighted by Gasteiger charge is 2.28. The van der Waals surface area contributed by atoms with Crippen molar-refractivity contribution in [2.75, 3.05) is 24.6 Å². The van der Waals surface area contributed by atoms with Crippen molar-refractivity contribution < 1.29 is 9.53 Å². The number of carbonyl (C=O) groups excluding carboxylic acids is 1. The van der Waals surface area contributed by atoms with Gasteiger partial charge in [0.1, 0.15) is 5.82 Å². The second-order valence-electron chi connectivity index (χ2n) is 13.4. The summed E-state index contributed by atoms with van der Waals surface area (Å²) in [5.74, 6) is 1.50. The zero-order chi connectivity index (χ0) is 34.3. The summed E-state index contributed by atoms with van der Waals surface area (Å²) < 4.78 is 6.40. The number of hydrogen-bond acceptors (Lipinski definition) is 7. The normalized spacial score (nSPS) is 15.8. The third-order valence-corrected chi connectivity index (χ3v) is 9.67. The fourth-order valence-corrected chi connectivity index (χ4v) is 6.88. The molecule has 0 bridgehead atoms. The van der Waals surface area contributed by atoms with E-state index in [1.54, 1.807) is 6.08 Å². The van der Waals surface area contributed by atoms with Crippen molar-refractivity contribution in [2.24, 2.45) is 23.7 Å². The zero-order valence-electron chi connectivity index (χ0n) is 29.1. The monoisotopic (exact) mass is 647 g/mol. The standard InChI is InChI=1S/C41H53N5O2/c1-6-10-13-32(12-7-2)29-48-41-44-38-26-31(16-18-34-14-11-15-35-27-43-24-21-36(34)35)17-19-37(38)40(45-41)46(28-30(5)20-23-42)25-22-33(8-3)39(47)9-4/h7-9,11,14-15,21,24,27,30-33H,2-4,6,10,12-13,16-20,22,25-26,28-29H2,1,5H3/t30?,31?,32-,33?/m0/s1. The molecule has 2 aromatic heterocycles. The van der Waals surface area contributed by atoms with Crippen molar-refractivity contribution in [1.29, 1.82) is 5.26 Å².